The van der Waals surface area contributed by atoms with Crippen molar-refractivity contribution in [1.29, 1.82) is 0 Å². The SMILES string of the molecule is COc1ccc(Cl)cc1CC(=O)NCC(=O)Nc1cc(Cl)ccc1Cl. The van der Waals surface area contributed by atoms with Crippen molar-refractivity contribution in [1.82, 2.24) is 5.32 Å². The number of carbonyl (C=O) groups excluding carboxylic acids is 2. The number of anilines is 1. The zero-order valence-corrected chi connectivity index (χ0v) is 15.5. The Kier molecular flexibility index (Phi) is 6.93. The van der Waals surface area contributed by atoms with Gasteiger partial charge in [-0.2, -0.15) is 0 Å². The Morgan fingerprint density at radius 1 is 1.00 bits per heavy atom. The number of benzene rings is 2. The molecule has 0 atom stereocenters. The van der Waals surface area contributed by atoms with Crippen LogP contribution in [0.1, 0.15) is 5.56 Å². The van der Waals surface area contributed by atoms with Gasteiger partial charge in [0.1, 0.15) is 5.75 Å². The molecule has 2 rings (SSSR count). The predicted molar refractivity (Wildman–Crippen MR) is 99.8 cm³/mol. The standard InChI is InChI=1S/C17H15Cl3N2O3/c1-25-15-5-3-11(18)6-10(15)7-16(23)21-9-17(24)22-14-8-12(19)2-4-13(14)20/h2-6,8H,7,9H2,1H3,(H,21,23)(H,22,24). The molecule has 0 aliphatic rings. The molecule has 0 unspecified atom stereocenters. The second-order valence-electron chi connectivity index (χ2n) is 5.08. The Balaban J connectivity index is 1.90. The molecule has 0 bridgehead atoms. The summed E-state index contributed by atoms with van der Waals surface area (Å²) >= 11 is 17.8. The van der Waals surface area contributed by atoms with Crippen LogP contribution in [0.2, 0.25) is 15.1 Å². The lowest BCUT2D eigenvalue weighted by Crippen LogP contribution is -2.33. The molecule has 0 radical (unpaired) electrons. The van der Waals surface area contributed by atoms with E-state index in [1.54, 1.807) is 30.3 Å². The van der Waals surface area contributed by atoms with E-state index in [0.717, 1.165) is 0 Å². The fourth-order valence-electron chi connectivity index (χ4n) is 2.09. The average molecular weight is 402 g/mol. The van der Waals surface area contributed by atoms with Crippen molar-refractivity contribution < 1.29 is 14.3 Å². The third kappa shape index (κ3) is 5.81. The van der Waals surface area contributed by atoms with E-state index in [2.05, 4.69) is 10.6 Å². The number of ether oxygens (including phenoxy) is 1. The van der Waals surface area contributed by atoms with Crippen molar-refractivity contribution >= 4 is 52.3 Å². The summed E-state index contributed by atoms with van der Waals surface area (Å²) < 4.78 is 5.19. The van der Waals surface area contributed by atoms with Gasteiger partial charge in [-0.05, 0) is 36.4 Å². The van der Waals surface area contributed by atoms with Crippen LogP contribution < -0.4 is 15.4 Å². The van der Waals surface area contributed by atoms with Gasteiger partial charge in [-0.3, -0.25) is 9.59 Å². The minimum absolute atomic E-state index is 0.0366. The van der Waals surface area contributed by atoms with Gasteiger partial charge in [0, 0.05) is 15.6 Å². The first kappa shape index (κ1) is 19.4. The molecule has 0 saturated heterocycles. The van der Waals surface area contributed by atoms with E-state index in [0.29, 0.717) is 32.1 Å². The number of methoxy groups -OCH3 is 1. The maximum atomic E-state index is 12.0. The Morgan fingerprint density at radius 3 is 2.40 bits per heavy atom. The van der Waals surface area contributed by atoms with Gasteiger partial charge in [0.2, 0.25) is 11.8 Å². The summed E-state index contributed by atoms with van der Waals surface area (Å²) in [5, 5.41) is 6.41. The van der Waals surface area contributed by atoms with Crippen LogP contribution in [0.15, 0.2) is 36.4 Å². The van der Waals surface area contributed by atoms with E-state index in [1.807, 2.05) is 0 Å². The van der Waals surface area contributed by atoms with E-state index >= 15 is 0 Å². The highest BCUT2D eigenvalue weighted by Gasteiger charge is 2.12. The fraction of sp³-hybridized carbons (Fsp3) is 0.176. The molecule has 2 amide bonds. The number of hydrogen-bond acceptors (Lipinski definition) is 3. The van der Waals surface area contributed by atoms with Gasteiger partial charge >= 0.3 is 0 Å². The average Bonchev–Trinajstić information content (AvgIpc) is 2.56. The fourth-order valence-corrected chi connectivity index (χ4v) is 2.62. The molecular weight excluding hydrogens is 387 g/mol. The van der Waals surface area contributed by atoms with Crippen LogP contribution in [0.4, 0.5) is 5.69 Å². The maximum absolute atomic E-state index is 12.0. The van der Waals surface area contributed by atoms with Crippen LogP contribution in [-0.4, -0.2) is 25.5 Å². The van der Waals surface area contributed by atoms with E-state index in [4.69, 9.17) is 39.5 Å². The van der Waals surface area contributed by atoms with Crippen molar-refractivity contribution in [2.24, 2.45) is 0 Å². The van der Waals surface area contributed by atoms with Gasteiger partial charge in [0.15, 0.2) is 0 Å². The van der Waals surface area contributed by atoms with Crippen LogP contribution >= 0.6 is 34.8 Å². The number of hydrogen-bond donors (Lipinski definition) is 2. The summed E-state index contributed by atoms with van der Waals surface area (Å²) in [5.41, 5.74) is 1.01. The second kappa shape index (κ2) is 8.94. The van der Waals surface area contributed by atoms with E-state index in [1.165, 1.54) is 13.2 Å². The molecule has 2 aromatic carbocycles. The lowest BCUT2D eigenvalue weighted by Gasteiger charge is -2.10. The zero-order valence-electron chi connectivity index (χ0n) is 13.2. The molecule has 5 nitrogen and oxygen atoms in total. The van der Waals surface area contributed by atoms with Crippen molar-refractivity contribution in [3.8, 4) is 5.75 Å². The van der Waals surface area contributed by atoms with E-state index in [-0.39, 0.29) is 18.9 Å². The molecule has 0 aliphatic heterocycles. The van der Waals surface area contributed by atoms with Crippen LogP contribution in [-0.2, 0) is 16.0 Å². The number of rotatable bonds is 6. The van der Waals surface area contributed by atoms with Crippen molar-refractivity contribution in [2.75, 3.05) is 19.0 Å². The first-order valence-corrected chi connectivity index (χ1v) is 8.36. The van der Waals surface area contributed by atoms with Gasteiger partial charge in [-0.15, -0.1) is 0 Å². The summed E-state index contributed by atoms with van der Waals surface area (Å²) in [6, 6.07) is 9.71. The summed E-state index contributed by atoms with van der Waals surface area (Å²) in [6.45, 7) is -0.204. The van der Waals surface area contributed by atoms with Crippen LogP contribution in [0.3, 0.4) is 0 Å². The Labute approximate surface area is 160 Å². The molecule has 0 heterocycles. The first-order chi connectivity index (χ1) is 11.9. The number of amides is 2. The minimum atomic E-state index is -0.421. The zero-order chi connectivity index (χ0) is 18.4. The van der Waals surface area contributed by atoms with Crippen LogP contribution in [0.5, 0.6) is 5.75 Å². The summed E-state index contributed by atoms with van der Waals surface area (Å²) in [4.78, 5) is 24.0. The summed E-state index contributed by atoms with van der Waals surface area (Å²) in [5.74, 6) is -0.210. The third-order valence-corrected chi connectivity index (χ3v) is 4.04. The lowest BCUT2D eigenvalue weighted by molar-refractivity contribution is -0.123. The molecule has 25 heavy (non-hydrogen) atoms. The Hall–Kier alpha value is -1.95. The quantitative estimate of drug-likeness (QED) is 0.770. The number of halogens is 3. The van der Waals surface area contributed by atoms with Crippen molar-refractivity contribution in [3.05, 3.63) is 57.0 Å². The molecule has 2 aromatic rings. The molecule has 0 aromatic heterocycles. The molecule has 0 aliphatic carbocycles. The highest BCUT2D eigenvalue weighted by atomic mass is 35.5. The molecule has 0 spiro atoms. The molecule has 8 heteroatoms. The molecule has 132 valence electrons. The first-order valence-electron chi connectivity index (χ1n) is 7.23. The van der Waals surface area contributed by atoms with Crippen LogP contribution in [0.25, 0.3) is 0 Å². The number of nitrogens with one attached hydrogen (secondary N) is 2. The topological polar surface area (TPSA) is 67.4 Å². The predicted octanol–water partition coefficient (Wildman–Crippen LogP) is 3.95. The molecule has 2 N–H and O–H groups in total. The highest BCUT2D eigenvalue weighted by molar-refractivity contribution is 6.35. The van der Waals surface area contributed by atoms with Crippen molar-refractivity contribution in [2.45, 2.75) is 6.42 Å². The van der Waals surface area contributed by atoms with Gasteiger partial charge < -0.3 is 15.4 Å². The highest BCUT2D eigenvalue weighted by Crippen LogP contribution is 2.25. The smallest absolute Gasteiger partial charge is 0.243 e. The van der Waals surface area contributed by atoms with Gasteiger partial charge in [-0.1, -0.05) is 34.8 Å². The van der Waals surface area contributed by atoms with Gasteiger partial charge in [0.05, 0.1) is 30.8 Å². The van der Waals surface area contributed by atoms with Crippen molar-refractivity contribution in [3.63, 3.8) is 0 Å². The maximum Gasteiger partial charge on any atom is 0.243 e. The summed E-state index contributed by atoms with van der Waals surface area (Å²) in [6.07, 6.45) is 0.0366. The Bertz CT molecular complexity index is 797. The lowest BCUT2D eigenvalue weighted by atomic mass is 10.1. The van der Waals surface area contributed by atoms with E-state index < -0.39 is 5.91 Å². The molecule has 0 fully saturated rings. The summed E-state index contributed by atoms with van der Waals surface area (Å²) in [7, 11) is 1.51. The molecular formula is C17H15Cl3N2O3. The minimum Gasteiger partial charge on any atom is -0.496 e. The van der Waals surface area contributed by atoms with E-state index in [9.17, 15) is 9.59 Å². The normalized spacial score (nSPS) is 10.2. The molecule has 0 saturated carbocycles. The van der Waals surface area contributed by atoms with Gasteiger partial charge in [0.25, 0.3) is 0 Å². The largest absolute Gasteiger partial charge is 0.496 e. The second-order valence-corrected chi connectivity index (χ2v) is 6.36. The third-order valence-electron chi connectivity index (χ3n) is 3.24. The van der Waals surface area contributed by atoms with Gasteiger partial charge in [-0.25, -0.2) is 0 Å². The van der Waals surface area contributed by atoms with Crippen LogP contribution in [0, 0.1) is 0 Å². The monoisotopic (exact) mass is 400 g/mol. The number of carbonyl (C=O) groups is 2. The Morgan fingerprint density at radius 2 is 1.68 bits per heavy atom.